The van der Waals surface area contributed by atoms with Gasteiger partial charge in [-0.25, -0.2) is 13.2 Å². The lowest BCUT2D eigenvalue weighted by molar-refractivity contribution is 0.0632. The van der Waals surface area contributed by atoms with E-state index in [2.05, 4.69) is 0 Å². The van der Waals surface area contributed by atoms with Crippen molar-refractivity contribution >= 4 is 21.9 Å². The van der Waals surface area contributed by atoms with Gasteiger partial charge in [-0.3, -0.25) is 4.79 Å². The molecule has 9 heteroatoms. The number of hydrogen-bond donors (Lipinski definition) is 1. The zero-order valence-electron chi connectivity index (χ0n) is 13.9. The van der Waals surface area contributed by atoms with Gasteiger partial charge in [0.15, 0.2) is 5.76 Å². The Bertz CT molecular complexity index is 898. The molecule has 8 nitrogen and oxygen atoms in total. The SMILES string of the molecule is O=C(O)c1ccc(C(=O)N2CCN(S(=O)(=O)Cc3ccccc3)CC2)o1. The standard InChI is InChI=1S/C17H18N2O6S/c20-16(14-6-7-15(25-14)17(21)22)18-8-10-19(11-9-18)26(23,24)12-13-4-2-1-3-5-13/h1-7H,8-12H2,(H,21,22). The van der Waals surface area contributed by atoms with E-state index in [-0.39, 0.29) is 43.5 Å². The molecule has 1 fully saturated rings. The van der Waals surface area contributed by atoms with Crippen LogP contribution in [-0.2, 0) is 15.8 Å². The number of furan rings is 1. The molecule has 1 N–H and O–H groups in total. The van der Waals surface area contributed by atoms with Crippen LogP contribution >= 0.6 is 0 Å². The molecule has 1 saturated heterocycles. The molecule has 0 spiro atoms. The van der Waals surface area contributed by atoms with Crippen molar-refractivity contribution in [3.05, 3.63) is 59.5 Å². The Kier molecular flexibility index (Phi) is 5.10. The topological polar surface area (TPSA) is 108 Å². The molecule has 0 atom stereocenters. The maximum absolute atomic E-state index is 12.5. The lowest BCUT2D eigenvalue weighted by atomic mass is 10.2. The minimum Gasteiger partial charge on any atom is -0.475 e. The van der Waals surface area contributed by atoms with Crippen LogP contribution in [0.15, 0.2) is 46.9 Å². The summed E-state index contributed by atoms with van der Waals surface area (Å²) >= 11 is 0. The van der Waals surface area contributed by atoms with Gasteiger partial charge in [0, 0.05) is 26.2 Å². The highest BCUT2D eigenvalue weighted by Crippen LogP contribution is 2.16. The summed E-state index contributed by atoms with van der Waals surface area (Å²) in [6.07, 6.45) is 0. The highest BCUT2D eigenvalue weighted by atomic mass is 32.2. The van der Waals surface area contributed by atoms with Gasteiger partial charge in [-0.2, -0.15) is 4.31 Å². The molecule has 0 aliphatic carbocycles. The molecule has 1 aliphatic rings. The van der Waals surface area contributed by atoms with Gasteiger partial charge < -0.3 is 14.4 Å². The van der Waals surface area contributed by atoms with Crippen LogP contribution in [0, 0.1) is 0 Å². The van der Waals surface area contributed by atoms with Crippen LogP contribution in [0.5, 0.6) is 0 Å². The first-order chi connectivity index (χ1) is 12.4. The quantitative estimate of drug-likeness (QED) is 0.839. The van der Waals surface area contributed by atoms with E-state index in [4.69, 9.17) is 9.52 Å². The first-order valence-electron chi connectivity index (χ1n) is 8.01. The summed E-state index contributed by atoms with van der Waals surface area (Å²) in [5.41, 5.74) is 0.711. The molecular formula is C17H18N2O6S. The van der Waals surface area contributed by atoms with Gasteiger partial charge in [0.25, 0.3) is 5.91 Å². The largest absolute Gasteiger partial charge is 0.475 e. The Labute approximate surface area is 150 Å². The molecule has 3 rings (SSSR count). The number of amides is 1. The van der Waals surface area contributed by atoms with E-state index >= 15 is 0 Å². The first-order valence-corrected chi connectivity index (χ1v) is 9.62. The number of sulfonamides is 1. The lowest BCUT2D eigenvalue weighted by Crippen LogP contribution is -2.50. The highest BCUT2D eigenvalue weighted by molar-refractivity contribution is 7.88. The van der Waals surface area contributed by atoms with Crippen LogP contribution in [0.25, 0.3) is 0 Å². The fourth-order valence-corrected chi connectivity index (χ4v) is 4.29. The maximum Gasteiger partial charge on any atom is 0.371 e. The number of carboxylic acid groups (broad SMARTS) is 1. The van der Waals surface area contributed by atoms with Crippen molar-refractivity contribution in [3.63, 3.8) is 0 Å². The second kappa shape index (κ2) is 7.30. The Morgan fingerprint density at radius 2 is 1.58 bits per heavy atom. The number of benzene rings is 1. The normalized spacial score (nSPS) is 15.8. The van der Waals surface area contributed by atoms with Crippen molar-refractivity contribution in [2.45, 2.75) is 5.75 Å². The van der Waals surface area contributed by atoms with E-state index in [0.29, 0.717) is 5.56 Å². The summed E-state index contributed by atoms with van der Waals surface area (Å²) in [6.45, 7) is 0.812. The van der Waals surface area contributed by atoms with Gasteiger partial charge in [0.1, 0.15) is 0 Å². The van der Waals surface area contributed by atoms with Gasteiger partial charge in [-0.1, -0.05) is 30.3 Å². The molecule has 26 heavy (non-hydrogen) atoms. The van der Waals surface area contributed by atoms with Crippen LogP contribution in [0.3, 0.4) is 0 Å². The van der Waals surface area contributed by atoms with E-state index in [1.165, 1.54) is 21.3 Å². The van der Waals surface area contributed by atoms with Crippen LogP contribution in [0.2, 0.25) is 0 Å². The molecule has 1 aromatic heterocycles. The molecule has 0 saturated carbocycles. The fourth-order valence-electron chi connectivity index (χ4n) is 2.77. The Morgan fingerprint density at radius 1 is 0.962 bits per heavy atom. The molecule has 2 aromatic rings. The number of carboxylic acids is 1. The fraction of sp³-hybridized carbons (Fsp3) is 0.294. The minimum atomic E-state index is -3.46. The third kappa shape index (κ3) is 3.94. The van der Waals surface area contributed by atoms with Crippen molar-refractivity contribution < 1.29 is 27.5 Å². The number of carbonyl (C=O) groups excluding carboxylic acids is 1. The molecule has 1 amide bonds. The molecule has 138 valence electrons. The highest BCUT2D eigenvalue weighted by Gasteiger charge is 2.30. The van der Waals surface area contributed by atoms with Crippen LogP contribution in [0.1, 0.15) is 26.7 Å². The van der Waals surface area contributed by atoms with Gasteiger partial charge in [-0.05, 0) is 17.7 Å². The Balaban J connectivity index is 1.61. The number of carbonyl (C=O) groups is 2. The van der Waals surface area contributed by atoms with E-state index in [9.17, 15) is 18.0 Å². The zero-order chi connectivity index (χ0) is 18.7. The van der Waals surface area contributed by atoms with E-state index < -0.39 is 21.9 Å². The molecular weight excluding hydrogens is 360 g/mol. The molecule has 0 unspecified atom stereocenters. The van der Waals surface area contributed by atoms with Crippen molar-refractivity contribution in [1.29, 1.82) is 0 Å². The van der Waals surface area contributed by atoms with Crippen LogP contribution in [0.4, 0.5) is 0 Å². The Hall–Kier alpha value is -2.65. The molecule has 0 radical (unpaired) electrons. The summed E-state index contributed by atoms with van der Waals surface area (Å²) in [5.74, 6) is -2.15. The molecule has 2 heterocycles. The van der Waals surface area contributed by atoms with Crippen molar-refractivity contribution in [2.75, 3.05) is 26.2 Å². The molecule has 1 aromatic carbocycles. The number of rotatable bonds is 5. The third-order valence-electron chi connectivity index (χ3n) is 4.14. The van der Waals surface area contributed by atoms with Gasteiger partial charge in [-0.15, -0.1) is 0 Å². The number of aromatic carboxylic acids is 1. The van der Waals surface area contributed by atoms with Crippen LogP contribution < -0.4 is 0 Å². The Morgan fingerprint density at radius 3 is 2.15 bits per heavy atom. The smallest absolute Gasteiger partial charge is 0.371 e. The second-order valence-electron chi connectivity index (χ2n) is 5.90. The van der Waals surface area contributed by atoms with Gasteiger partial charge >= 0.3 is 5.97 Å². The van der Waals surface area contributed by atoms with Crippen molar-refractivity contribution in [1.82, 2.24) is 9.21 Å². The van der Waals surface area contributed by atoms with Crippen molar-refractivity contribution in [2.24, 2.45) is 0 Å². The second-order valence-corrected chi connectivity index (χ2v) is 7.87. The summed E-state index contributed by atoms with van der Waals surface area (Å²) in [5, 5.41) is 8.84. The number of nitrogens with zero attached hydrogens (tertiary/aromatic N) is 2. The van der Waals surface area contributed by atoms with E-state index in [0.717, 1.165) is 0 Å². The predicted molar refractivity (Wildman–Crippen MR) is 92.2 cm³/mol. The molecule has 1 aliphatic heterocycles. The predicted octanol–water partition coefficient (Wildman–Crippen LogP) is 1.27. The average Bonchev–Trinajstić information content (AvgIpc) is 3.12. The van der Waals surface area contributed by atoms with E-state index in [1.54, 1.807) is 24.3 Å². The summed E-state index contributed by atoms with van der Waals surface area (Å²) in [6, 6.07) is 11.4. The number of hydrogen-bond acceptors (Lipinski definition) is 5. The first kappa shape index (κ1) is 18.2. The average molecular weight is 378 g/mol. The third-order valence-corrected chi connectivity index (χ3v) is 5.99. The zero-order valence-corrected chi connectivity index (χ0v) is 14.7. The minimum absolute atomic E-state index is 0.0667. The lowest BCUT2D eigenvalue weighted by Gasteiger charge is -2.33. The number of piperazine rings is 1. The van der Waals surface area contributed by atoms with E-state index in [1.807, 2.05) is 6.07 Å². The van der Waals surface area contributed by atoms with Gasteiger partial charge in [0.2, 0.25) is 15.8 Å². The molecule has 0 bridgehead atoms. The van der Waals surface area contributed by atoms with Crippen molar-refractivity contribution in [3.8, 4) is 0 Å². The summed E-state index contributed by atoms with van der Waals surface area (Å²) in [4.78, 5) is 24.6. The van der Waals surface area contributed by atoms with Crippen LogP contribution in [-0.4, -0.2) is 60.8 Å². The maximum atomic E-state index is 12.5. The summed E-state index contributed by atoms with van der Waals surface area (Å²) < 4.78 is 31.4. The summed E-state index contributed by atoms with van der Waals surface area (Å²) in [7, 11) is -3.46. The monoisotopic (exact) mass is 378 g/mol. The van der Waals surface area contributed by atoms with Gasteiger partial charge in [0.05, 0.1) is 5.75 Å².